The number of piperazine rings is 1. The summed E-state index contributed by atoms with van der Waals surface area (Å²) in [6, 6.07) is 4.22. The molecule has 3 N–H and O–H groups in total. The molecule has 2 aromatic rings. The van der Waals surface area contributed by atoms with Crippen LogP contribution in [0.3, 0.4) is 0 Å². The predicted molar refractivity (Wildman–Crippen MR) is 135 cm³/mol. The Morgan fingerprint density at radius 2 is 1.86 bits per heavy atom. The Morgan fingerprint density at radius 1 is 1.09 bits per heavy atom. The number of rotatable bonds is 10. The highest BCUT2D eigenvalue weighted by molar-refractivity contribution is 5.73. The average molecular weight is 490 g/mol. The number of alkyl halides is 2. The molecule has 0 amide bonds. The van der Waals surface area contributed by atoms with Crippen molar-refractivity contribution in [2.45, 2.75) is 57.3 Å². The van der Waals surface area contributed by atoms with E-state index in [1.165, 1.54) is 0 Å². The van der Waals surface area contributed by atoms with Crippen molar-refractivity contribution in [2.75, 3.05) is 61.5 Å². The SMILES string of the molecule is CC[C@H](F)CNc1ncc(-c2ccc(N3CCN(CCF)CC3)cn2)c(N[C@H]2CC[C@H](O)CC2)n1. The van der Waals surface area contributed by atoms with Crippen molar-refractivity contribution < 1.29 is 13.9 Å². The summed E-state index contributed by atoms with van der Waals surface area (Å²) in [5, 5.41) is 16.4. The highest BCUT2D eigenvalue weighted by atomic mass is 19.1. The van der Waals surface area contributed by atoms with Crippen LogP contribution in [0.25, 0.3) is 11.3 Å². The van der Waals surface area contributed by atoms with Crippen molar-refractivity contribution in [1.29, 1.82) is 0 Å². The van der Waals surface area contributed by atoms with Gasteiger partial charge >= 0.3 is 0 Å². The Kier molecular flexibility index (Phi) is 9.03. The Morgan fingerprint density at radius 3 is 2.51 bits per heavy atom. The summed E-state index contributed by atoms with van der Waals surface area (Å²) < 4.78 is 26.3. The lowest BCUT2D eigenvalue weighted by Gasteiger charge is -2.35. The van der Waals surface area contributed by atoms with Gasteiger partial charge in [-0.2, -0.15) is 4.98 Å². The maximum Gasteiger partial charge on any atom is 0.224 e. The molecule has 10 heteroatoms. The fourth-order valence-electron chi connectivity index (χ4n) is 4.61. The minimum absolute atomic E-state index is 0.163. The Balaban J connectivity index is 1.49. The summed E-state index contributed by atoms with van der Waals surface area (Å²) in [6.07, 6.45) is 6.06. The first-order valence-corrected chi connectivity index (χ1v) is 12.7. The number of aromatic nitrogens is 3. The fourth-order valence-corrected chi connectivity index (χ4v) is 4.61. The van der Waals surface area contributed by atoms with Crippen molar-refractivity contribution >= 4 is 17.5 Å². The molecule has 0 unspecified atom stereocenters. The average Bonchev–Trinajstić information content (AvgIpc) is 2.89. The van der Waals surface area contributed by atoms with Gasteiger partial charge in [0.15, 0.2) is 0 Å². The van der Waals surface area contributed by atoms with Gasteiger partial charge < -0.3 is 20.6 Å². The molecule has 0 spiro atoms. The van der Waals surface area contributed by atoms with Gasteiger partial charge in [-0.1, -0.05) is 6.92 Å². The van der Waals surface area contributed by atoms with Crippen molar-refractivity contribution in [3.05, 3.63) is 24.5 Å². The van der Waals surface area contributed by atoms with Crippen molar-refractivity contribution in [3.63, 3.8) is 0 Å². The number of hydrogen-bond donors (Lipinski definition) is 3. The maximum atomic E-state index is 13.7. The van der Waals surface area contributed by atoms with Crippen molar-refractivity contribution in [3.8, 4) is 11.3 Å². The Hall–Kier alpha value is -2.59. The summed E-state index contributed by atoms with van der Waals surface area (Å²) >= 11 is 0. The van der Waals surface area contributed by atoms with Crippen molar-refractivity contribution in [2.24, 2.45) is 0 Å². The number of hydrogen-bond acceptors (Lipinski definition) is 8. The van der Waals surface area contributed by atoms with Crippen molar-refractivity contribution in [1.82, 2.24) is 19.9 Å². The first-order valence-electron chi connectivity index (χ1n) is 12.7. The largest absolute Gasteiger partial charge is 0.393 e. The molecule has 4 rings (SSSR count). The summed E-state index contributed by atoms with van der Waals surface area (Å²) in [6.45, 7) is 5.53. The Bertz CT molecular complexity index is 917. The van der Waals surface area contributed by atoms with Crippen LogP contribution in [0.4, 0.5) is 26.2 Å². The molecule has 2 aliphatic rings. The zero-order valence-electron chi connectivity index (χ0n) is 20.5. The first kappa shape index (κ1) is 25.5. The number of anilines is 3. The van der Waals surface area contributed by atoms with E-state index >= 15 is 0 Å². The molecule has 2 aromatic heterocycles. The molecule has 1 saturated heterocycles. The second-order valence-corrected chi connectivity index (χ2v) is 9.41. The summed E-state index contributed by atoms with van der Waals surface area (Å²) in [7, 11) is 0. The van der Waals surface area contributed by atoms with Crippen LogP contribution < -0.4 is 15.5 Å². The smallest absolute Gasteiger partial charge is 0.224 e. The van der Waals surface area contributed by atoms with E-state index < -0.39 is 6.17 Å². The van der Waals surface area contributed by atoms with Crippen LogP contribution >= 0.6 is 0 Å². The minimum Gasteiger partial charge on any atom is -0.393 e. The lowest BCUT2D eigenvalue weighted by atomic mass is 9.93. The summed E-state index contributed by atoms with van der Waals surface area (Å²) in [5.41, 5.74) is 2.58. The topological polar surface area (TPSA) is 89.4 Å². The van der Waals surface area contributed by atoms with Gasteiger partial charge in [0.05, 0.1) is 29.2 Å². The second-order valence-electron chi connectivity index (χ2n) is 9.41. The van der Waals surface area contributed by atoms with E-state index in [2.05, 4.69) is 36.5 Å². The summed E-state index contributed by atoms with van der Waals surface area (Å²) in [5.74, 6) is 1.04. The zero-order valence-corrected chi connectivity index (χ0v) is 20.5. The lowest BCUT2D eigenvalue weighted by molar-refractivity contribution is 0.126. The molecule has 0 radical (unpaired) electrons. The van der Waals surface area contributed by atoms with Gasteiger partial charge in [0, 0.05) is 51.5 Å². The minimum atomic E-state index is -0.956. The first-order chi connectivity index (χ1) is 17.1. The standard InChI is InChI=1S/C25H37F2N7O/c1-2-18(27)15-29-25-30-17-22(24(32-25)31-19-3-6-21(35)7-4-19)23-8-5-20(16-28-23)34-13-11-33(10-9-26)12-14-34/h5,8,16-19,21,35H,2-4,6-7,9-15H2,1H3,(H2,29,30,31,32)/t18-,19-,21-/m0/s1. The number of aliphatic hydroxyl groups excluding tert-OH is 1. The predicted octanol–water partition coefficient (Wildman–Crippen LogP) is 3.51. The highest BCUT2D eigenvalue weighted by Gasteiger charge is 2.22. The molecule has 0 aromatic carbocycles. The van der Waals surface area contributed by atoms with Crippen LogP contribution in [0.2, 0.25) is 0 Å². The molecule has 35 heavy (non-hydrogen) atoms. The van der Waals surface area contributed by atoms with E-state index in [1.54, 1.807) is 13.1 Å². The third-order valence-electron chi connectivity index (χ3n) is 6.91. The van der Waals surface area contributed by atoms with Crippen LogP contribution in [0.1, 0.15) is 39.0 Å². The molecular formula is C25H37F2N7O. The number of halogens is 2. The van der Waals surface area contributed by atoms with Crippen LogP contribution in [0, 0.1) is 0 Å². The van der Waals surface area contributed by atoms with Crippen LogP contribution in [-0.2, 0) is 0 Å². The molecule has 3 heterocycles. The monoisotopic (exact) mass is 489 g/mol. The molecule has 1 saturated carbocycles. The maximum absolute atomic E-state index is 13.7. The van der Waals surface area contributed by atoms with Crippen LogP contribution in [0.15, 0.2) is 24.5 Å². The highest BCUT2D eigenvalue weighted by Crippen LogP contribution is 2.30. The number of aliphatic hydroxyl groups is 1. The quantitative estimate of drug-likeness (QED) is 0.467. The zero-order chi connectivity index (χ0) is 24.6. The molecule has 192 valence electrons. The van der Waals surface area contributed by atoms with Crippen LogP contribution in [-0.4, -0.2) is 89.2 Å². The molecule has 2 fully saturated rings. The van der Waals surface area contributed by atoms with Gasteiger partial charge in [0.25, 0.3) is 0 Å². The van der Waals surface area contributed by atoms with E-state index in [1.807, 2.05) is 12.3 Å². The van der Waals surface area contributed by atoms with Gasteiger partial charge in [0.1, 0.15) is 18.7 Å². The molecule has 1 atom stereocenters. The molecule has 0 bridgehead atoms. The van der Waals surface area contributed by atoms with E-state index in [0.29, 0.717) is 24.7 Å². The van der Waals surface area contributed by atoms with E-state index in [0.717, 1.165) is 68.8 Å². The number of pyridine rings is 1. The third kappa shape index (κ3) is 6.98. The molecule has 1 aliphatic carbocycles. The third-order valence-corrected chi connectivity index (χ3v) is 6.91. The fraction of sp³-hybridized carbons (Fsp3) is 0.640. The van der Waals surface area contributed by atoms with E-state index in [9.17, 15) is 13.9 Å². The summed E-state index contributed by atoms with van der Waals surface area (Å²) in [4.78, 5) is 18.2. The van der Waals surface area contributed by atoms with E-state index in [4.69, 9.17) is 4.98 Å². The molecule has 1 aliphatic heterocycles. The lowest BCUT2D eigenvalue weighted by Crippen LogP contribution is -2.47. The Labute approximate surface area is 206 Å². The molecule has 8 nitrogen and oxygen atoms in total. The van der Waals surface area contributed by atoms with Gasteiger partial charge in [-0.3, -0.25) is 9.88 Å². The van der Waals surface area contributed by atoms with E-state index in [-0.39, 0.29) is 25.4 Å². The van der Waals surface area contributed by atoms with Gasteiger partial charge in [0.2, 0.25) is 5.95 Å². The van der Waals surface area contributed by atoms with Gasteiger partial charge in [-0.05, 0) is 44.2 Å². The van der Waals surface area contributed by atoms with Crippen LogP contribution in [0.5, 0.6) is 0 Å². The normalized spacial score (nSPS) is 22.1. The second kappa shape index (κ2) is 12.4. The van der Waals surface area contributed by atoms with Gasteiger partial charge in [-0.25, -0.2) is 13.8 Å². The number of nitrogens with zero attached hydrogens (tertiary/aromatic N) is 5. The van der Waals surface area contributed by atoms with Gasteiger partial charge in [-0.15, -0.1) is 0 Å². The number of nitrogens with one attached hydrogen (secondary N) is 2. The molecular weight excluding hydrogens is 452 g/mol.